The molecular weight excluding hydrogens is 345 g/mol. The Labute approximate surface area is 151 Å². The molecule has 1 heterocycles. The van der Waals surface area contributed by atoms with Gasteiger partial charge in [-0.1, -0.05) is 36.4 Å². The third kappa shape index (κ3) is 5.34. The maximum Gasteiger partial charge on any atom is 0.124 e. The zero-order chi connectivity index (χ0) is 15.9. The van der Waals surface area contributed by atoms with Gasteiger partial charge in [0, 0.05) is 23.5 Å². The molecule has 1 N–H and O–H groups in total. The van der Waals surface area contributed by atoms with Crippen molar-refractivity contribution in [3.63, 3.8) is 0 Å². The highest BCUT2D eigenvalue weighted by molar-refractivity contribution is 7.09. The number of thiophene rings is 1. The average molecular weight is 364 g/mol. The second-order valence-corrected chi connectivity index (χ2v) is 6.24. The Bertz CT molecular complexity index is 731. The molecule has 0 atom stereocenters. The van der Waals surface area contributed by atoms with Crippen LogP contribution in [0.3, 0.4) is 0 Å². The third-order valence-electron chi connectivity index (χ3n) is 3.47. The highest BCUT2D eigenvalue weighted by Gasteiger charge is 2.04. The number of benzene rings is 2. The molecule has 0 spiro atoms. The second kappa shape index (κ2) is 9.42. The number of para-hydroxylation sites is 1. The van der Waals surface area contributed by atoms with E-state index >= 15 is 0 Å². The van der Waals surface area contributed by atoms with Gasteiger partial charge in [-0.15, -0.1) is 23.7 Å². The molecular formula is C19H19ClFNOS. The van der Waals surface area contributed by atoms with Crippen LogP contribution < -0.4 is 10.1 Å². The van der Waals surface area contributed by atoms with E-state index in [1.807, 2.05) is 18.2 Å². The summed E-state index contributed by atoms with van der Waals surface area (Å²) in [7, 11) is 0. The number of halogens is 2. The van der Waals surface area contributed by atoms with Crippen LogP contribution >= 0.6 is 23.7 Å². The highest BCUT2D eigenvalue weighted by Crippen LogP contribution is 2.20. The molecule has 0 unspecified atom stereocenters. The van der Waals surface area contributed by atoms with Gasteiger partial charge in [0.15, 0.2) is 0 Å². The van der Waals surface area contributed by atoms with E-state index in [4.69, 9.17) is 4.74 Å². The van der Waals surface area contributed by atoms with Crippen LogP contribution in [-0.4, -0.2) is 0 Å². The summed E-state index contributed by atoms with van der Waals surface area (Å²) in [5.41, 5.74) is 2.07. The minimum atomic E-state index is -0.230. The zero-order valence-corrected chi connectivity index (χ0v) is 14.7. The van der Waals surface area contributed by atoms with Gasteiger partial charge >= 0.3 is 0 Å². The molecule has 126 valence electrons. The first kappa shape index (κ1) is 18.5. The summed E-state index contributed by atoms with van der Waals surface area (Å²) in [5, 5.41) is 5.51. The van der Waals surface area contributed by atoms with E-state index in [0.717, 1.165) is 30.0 Å². The molecule has 24 heavy (non-hydrogen) atoms. The van der Waals surface area contributed by atoms with Gasteiger partial charge in [-0.3, -0.25) is 0 Å². The Morgan fingerprint density at radius 1 is 0.917 bits per heavy atom. The molecule has 1 aromatic heterocycles. The smallest absolute Gasteiger partial charge is 0.124 e. The molecule has 0 bridgehead atoms. The fraction of sp³-hybridized carbons (Fsp3) is 0.158. The Kier molecular flexibility index (Phi) is 7.25. The van der Waals surface area contributed by atoms with Crippen molar-refractivity contribution >= 4 is 23.7 Å². The Balaban J connectivity index is 0.00000208. The van der Waals surface area contributed by atoms with Crippen LogP contribution in [0, 0.1) is 5.82 Å². The van der Waals surface area contributed by atoms with Crippen LogP contribution in [0.5, 0.6) is 5.75 Å². The quantitative estimate of drug-likeness (QED) is 0.624. The fourth-order valence-corrected chi connectivity index (χ4v) is 2.94. The van der Waals surface area contributed by atoms with E-state index in [1.54, 1.807) is 23.5 Å². The van der Waals surface area contributed by atoms with Crippen LogP contribution in [0.2, 0.25) is 0 Å². The van der Waals surface area contributed by atoms with Gasteiger partial charge in [0.1, 0.15) is 18.2 Å². The second-order valence-electron chi connectivity index (χ2n) is 5.21. The molecule has 3 rings (SSSR count). The lowest BCUT2D eigenvalue weighted by atomic mass is 10.2. The van der Waals surface area contributed by atoms with E-state index in [2.05, 4.69) is 28.9 Å². The maximum atomic E-state index is 12.9. The van der Waals surface area contributed by atoms with Crippen molar-refractivity contribution in [1.29, 1.82) is 0 Å². The summed E-state index contributed by atoms with van der Waals surface area (Å²) in [5.74, 6) is 0.627. The van der Waals surface area contributed by atoms with E-state index < -0.39 is 0 Å². The van der Waals surface area contributed by atoms with Gasteiger partial charge in [0.25, 0.3) is 0 Å². The minimum absolute atomic E-state index is 0. The molecule has 2 aromatic carbocycles. The Hall–Kier alpha value is -1.88. The largest absolute Gasteiger partial charge is 0.489 e. The summed E-state index contributed by atoms with van der Waals surface area (Å²) in [6, 6.07) is 18.6. The van der Waals surface area contributed by atoms with E-state index in [1.165, 1.54) is 17.0 Å². The van der Waals surface area contributed by atoms with Crippen LogP contribution in [-0.2, 0) is 19.7 Å². The van der Waals surface area contributed by atoms with Crippen molar-refractivity contribution < 1.29 is 9.13 Å². The highest BCUT2D eigenvalue weighted by atomic mass is 35.5. The van der Waals surface area contributed by atoms with Crippen molar-refractivity contribution in [3.05, 3.63) is 87.9 Å². The monoisotopic (exact) mass is 363 g/mol. The van der Waals surface area contributed by atoms with Crippen molar-refractivity contribution in [2.75, 3.05) is 0 Å². The SMILES string of the molecule is Cl.Fc1ccc(COc2ccccc2CNCc2cccs2)cc1. The number of nitrogens with one attached hydrogen (secondary N) is 1. The van der Waals surface area contributed by atoms with Crippen LogP contribution in [0.1, 0.15) is 16.0 Å². The number of hydrogen-bond donors (Lipinski definition) is 1. The molecule has 0 saturated heterocycles. The Morgan fingerprint density at radius 2 is 1.71 bits per heavy atom. The lowest BCUT2D eigenvalue weighted by Gasteiger charge is -2.12. The van der Waals surface area contributed by atoms with Crippen molar-refractivity contribution in [2.45, 2.75) is 19.7 Å². The van der Waals surface area contributed by atoms with E-state index in [0.29, 0.717) is 6.61 Å². The summed E-state index contributed by atoms with van der Waals surface area (Å²) < 4.78 is 18.8. The summed E-state index contributed by atoms with van der Waals surface area (Å²) in [6.45, 7) is 2.03. The average Bonchev–Trinajstić information content (AvgIpc) is 3.09. The molecule has 0 amide bonds. The van der Waals surface area contributed by atoms with Crippen molar-refractivity contribution in [3.8, 4) is 5.75 Å². The molecule has 0 aliphatic carbocycles. The first-order valence-electron chi connectivity index (χ1n) is 7.49. The van der Waals surface area contributed by atoms with Crippen LogP contribution in [0.15, 0.2) is 66.0 Å². The lowest BCUT2D eigenvalue weighted by Crippen LogP contribution is -2.12. The van der Waals surface area contributed by atoms with Gasteiger partial charge in [-0.25, -0.2) is 4.39 Å². The van der Waals surface area contributed by atoms with Crippen LogP contribution in [0.25, 0.3) is 0 Å². The van der Waals surface area contributed by atoms with Gasteiger partial charge in [0.05, 0.1) is 0 Å². The third-order valence-corrected chi connectivity index (χ3v) is 4.35. The number of hydrogen-bond acceptors (Lipinski definition) is 3. The van der Waals surface area contributed by atoms with Gasteiger partial charge < -0.3 is 10.1 Å². The zero-order valence-electron chi connectivity index (χ0n) is 13.1. The normalized spacial score (nSPS) is 10.2. The van der Waals surface area contributed by atoms with Crippen LogP contribution in [0.4, 0.5) is 4.39 Å². The maximum absolute atomic E-state index is 12.9. The molecule has 0 aliphatic heterocycles. The lowest BCUT2D eigenvalue weighted by molar-refractivity contribution is 0.302. The predicted octanol–water partition coefficient (Wildman–Crippen LogP) is 5.18. The van der Waals surface area contributed by atoms with Gasteiger partial charge in [-0.05, 0) is 35.2 Å². The molecule has 0 saturated carbocycles. The summed E-state index contributed by atoms with van der Waals surface area (Å²) in [6.07, 6.45) is 0. The number of ether oxygens (including phenoxy) is 1. The van der Waals surface area contributed by atoms with Gasteiger partial charge in [-0.2, -0.15) is 0 Å². The first-order valence-corrected chi connectivity index (χ1v) is 8.37. The van der Waals surface area contributed by atoms with E-state index in [-0.39, 0.29) is 18.2 Å². The molecule has 0 radical (unpaired) electrons. The van der Waals surface area contributed by atoms with Crippen molar-refractivity contribution in [1.82, 2.24) is 5.32 Å². The molecule has 3 aromatic rings. The molecule has 0 aliphatic rings. The molecule has 5 heteroatoms. The fourth-order valence-electron chi connectivity index (χ4n) is 2.27. The summed E-state index contributed by atoms with van der Waals surface area (Å²) in [4.78, 5) is 1.31. The molecule has 2 nitrogen and oxygen atoms in total. The number of rotatable bonds is 7. The predicted molar refractivity (Wildman–Crippen MR) is 99.3 cm³/mol. The van der Waals surface area contributed by atoms with E-state index in [9.17, 15) is 4.39 Å². The topological polar surface area (TPSA) is 21.3 Å². The van der Waals surface area contributed by atoms with Crippen molar-refractivity contribution in [2.24, 2.45) is 0 Å². The first-order chi connectivity index (χ1) is 11.3. The summed E-state index contributed by atoms with van der Waals surface area (Å²) >= 11 is 1.75. The molecule has 0 fully saturated rings. The van der Waals surface area contributed by atoms with Gasteiger partial charge in [0.2, 0.25) is 0 Å². The minimum Gasteiger partial charge on any atom is -0.489 e. The Morgan fingerprint density at radius 3 is 2.46 bits per heavy atom. The standard InChI is InChI=1S/C19H18FNOS.ClH/c20-17-9-7-15(8-10-17)14-22-19-6-2-1-4-16(19)12-21-13-18-5-3-11-23-18;/h1-11,21H,12-14H2;1H.